The molecule has 0 unspecified atom stereocenters. The first-order chi connectivity index (χ1) is 10.6. The molecular formula is C19H16N2O. The number of hydrogen-bond donors (Lipinski definition) is 1. The quantitative estimate of drug-likeness (QED) is 0.565. The summed E-state index contributed by atoms with van der Waals surface area (Å²) in [6.45, 7) is 1.91. The molecule has 0 fully saturated rings. The van der Waals surface area contributed by atoms with E-state index in [1.54, 1.807) is 6.07 Å². The molecule has 22 heavy (non-hydrogen) atoms. The Morgan fingerprint density at radius 2 is 1.77 bits per heavy atom. The van der Waals surface area contributed by atoms with Crippen molar-refractivity contribution < 1.29 is 0 Å². The zero-order valence-corrected chi connectivity index (χ0v) is 12.6. The molecule has 2 aromatic carbocycles. The van der Waals surface area contributed by atoms with Crippen LogP contribution in [0.5, 0.6) is 0 Å². The van der Waals surface area contributed by atoms with E-state index < -0.39 is 0 Å². The fourth-order valence-corrected chi connectivity index (χ4v) is 3.18. The standard InChI is InChI=1S/C19H16N2O/c1-12-10-18(22)19-14-11-17(13-6-4-3-5-7-13)21(2)16(14)9-8-15(19)20-12/h3-11H,1-2H3,(H,20,22). The van der Waals surface area contributed by atoms with Crippen LogP contribution in [0.3, 0.4) is 0 Å². The maximum absolute atomic E-state index is 12.4. The molecule has 2 heterocycles. The van der Waals surface area contributed by atoms with E-state index in [1.807, 2.05) is 38.2 Å². The zero-order valence-electron chi connectivity index (χ0n) is 12.6. The van der Waals surface area contributed by atoms with E-state index >= 15 is 0 Å². The van der Waals surface area contributed by atoms with Gasteiger partial charge in [0.05, 0.1) is 10.9 Å². The van der Waals surface area contributed by atoms with Crippen LogP contribution in [-0.2, 0) is 7.05 Å². The largest absolute Gasteiger partial charge is 0.358 e. The Kier molecular flexibility index (Phi) is 2.70. The summed E-state index contributed by atoms with van der Waals surface area (Å²) >= 11 is 0. The highest BCUT2D eigenvalue weighted by Gasteiger charge is 2.12. The van der Waals surface area contributed by atoms with Gasteiger partial charge in [0.25, 0.3) is 0 Å². The first kappa shape index (κ1) is 12.9. The Bertz CT molecular complexity index is 1060. The lowest BCUT2D eigenvalue weighted by Crippen LogP contribution is -2.03. The molecule has 0 bridgehead atoms. The number of fused-ring (bicyclic) bond motifs is 3. The maximum atomic E-state index is 12.4. The Morgan fingerprint density at radius 3 is 2.55 bits per heavy atom. The number of aromatic nitrogens is 2. The molecule has 1 N–H and O–H groups in total. The van der Waals surface area contributed by atoms with Crippen LogP contribution in [-0.4, -0.2) is 9.55 Å². The van der Waals surface area contributed by atoms with E-state index in [1.165, 1.54) is 0 Å². The Morgan fingerprint density at radius 1 is 1.00 bits per heavy atom. The summed E-state index contributed by atoms with van der Waals surface area (Å²) in [5.41, 5.74) is 5.18. The van der Waals surface area contributed by atoms with Crippen molar-refractivity contribution in [2.75, 3.05) is 0 Å². The summed E-state index contributed by atoms with van der Waals surface area (Å²) in [7, 11) is 2.04. The van der Waals surface area contributed by atoms with Gasteiger partial charge in [0.2, 0.25) is 0 Å². The van der Waals surface area contributed by atoms with Crippen LogP contribution in [0.15, 0.2) is 59.4 Å². The van der Waals surface area contributed by atoms with Gasteiger partial charge in [0.1, 0.15) is 0 Å². The third-order valence-corrected chi connectivity index (χ3v) is 4.22. The van der Waals surface area contributed by atoms with Gasteiger partial charge >= 0.3 is 0 Å². The number of H-pyrrole nitrogens is 1. The number of rotatable bonds is 1. The van der Waals surface area contributed by atoms with E-state index in [4.69, 9.17) is 0 Å². The average molecular weight is 288 g/mol. The van der Waals surface area contributed by atoms with Crippen LogP contribution in [0.25, 0.3) is 33.1 Å². The van der Waals surface area contributed by atoms with E-state index in [9.17, 15) is 4.79 Å². The van der Waals surface area contributed by atoms with Crippen molar-refractivity contribution >= 4 is 21.8 Å². The number of pyridine rings is 1. The molecule has 0 saturated carbocycles. The molecule has 0 amide bonds. The second kappa shape index (κ2) is 4.60. The van der Waals surface area contributed by atoms with Crippen LogP contribution in [0, 0.1) is 6.92 Å². The monoisotopic (exact) mass is 288 g/mol. The number of nitrogens with one attached hydrogen (secondary N) is 1. The number of nitrogens with zero attached hydrogens (tertiary/aromatic N) is 1. The van der Waals surface area contributed by atoms with Crippen molar-refractivity contribution in [1.82, 2.24) is 9.55 Å². The molecule has 3 nitrogen and oxygen atoms in total. The molecule has 0 aliphatic rings. The summed E-state index contributed by atoms with van der Waals surface area (Å²) in [6, 6.07) is 18.1. The van der Waals surface area contributed by atoms with Gasteiger partial charge in [-0.2, -0.15) is 0 Å². The third kappa shape index (κ3) is 1.79. The van der Waals surface area contributed by atoms with Crippen LogP contribution < -0.4 is 5.43 Å². The molecule has 3 heteroatoms. The van der Waals surface area contributed by atoms with Gasteiger partial charge in [-0.15, -0.1) is 0 Å². The van der Waals surface area contributed by atoms with Gasteiger partial charge in [-0.1, -0.05) is 30.3 Å². The summed E-state index contributed by atoms with van der Waals surface area (Å²) in [6.07, 6.45) is 0. The summed E-state index contributed by atoms with van der Waals surface area (Å²) in [5.74, 6) is 0. The molecule has 0 atom stereocenters. The smallest absolute Gasteiger partial charge is 0.190 e. The molecule has 4 aromatic rings. The Labute approximate surface area is 127 Å². The van der Waals surface area contributed by atoms with Gasteiger partial charge in [-0.25, -0.2) is 0 Å². The SMILES string of the molecule is Cc1cc(=O)c2c(ccc3c2cc(-c2ccccc2)n3C)[nH]1. The van der Waals surface area contributed by atoms with Gasteiger partial charge < -0.3 is 9.55 Å². The summed E-state index contributed by atoms with van der Waals surface area (Å²) < 4.78 is 2.14. The van der Waals surface area contributed by atoms with Crippen LogP contribution in [0.4, 0.5) is 0 Å². The van der Waals surface area contributed by atoms with Crippen molar-refractivity contribution in [3.05, 3.63) is 70.5 Å². The normalized spacial score (nSPS) is 11.4. The van der Waals surface area contributed by atoms with Gasteiger partial charge in [-0.05, 0) is 30.7 Å². The van der Waals surface area contributed by atoms with E-state index in [0.717, 1.165) is 38.8 Å². The second-order valence-corrected chi connectivity index (χ2v) is 5.69. The molecule has 0 aliphatic heterocycles. The first-order valence-corrected chi connectivity index (χ1v) is 7.32. The van der Waals surface area contributed by atoms with Crippen LogP contribution in [0.1, 0.15) is 5.69 Å². The van der Waals surface area contributed by atoms with Gasteiger partial charge in [-0.3, -0.25) is 4.79 Å². The molecular weight excluding hydrogens is 272 g/mol. The highest BCUT2D eigenvalue weighted by molar-refractivity contribution is 6.07. The van der Waals surface area contributed by atoms with Crippen molar-refractivity contribution in [3.8, 4) is 11.3 Å². The predicted octanol–water partition coefficient (Wildman–Crippen LogP) is 4.00. The third-order valence-electron chi connectivity index (χ3n) is 4.22. The predicted molar refractivity (Wildman–Crippen MR) is 91.2 cm³/mol. The van der Waals surface area contributed by atoms with E-state index in [2.05, 4.69) is 33.8 Å². The van der Waals surface area contributed by atoms with E-state index in [-0.39, 0.29) is 5.43 Å². The number of aryl methyl sites for hydroxylation is 2. The molecule has 0 spiro atoms. The summed E-state index contributed by atoms with van der Waals surface area (Å²) in [4.78, 5) is 15.7. The molecule has 0 aliphatic carbocycles. The Balaban J connectivity index is 2.14. The minimum atomic E-state index is 0.0714. The highest BCUT2D eigenvalue weighted by atomic mass is 16.1. The zero-order chi connectivity index (χ0) is 15.3. The van der Waals surface area contributed by atoms with Crippen LogP contribution >= 0.6 is 0 Å². The number of benzene rings is 2. The average Bonchev–Trinajstić information content (AvgIpc) is 2.84. The van der Waals surface area contributed by atoms with Crippen molar-refractivity contribution in [2.45, 2.75) is 6.92 Å². The lowest BCUT2D eigenvalue weighted by molar-refractivity contribution is 0.978. The molecule has 0 saturated heterocycles. The lowest BCUT2D eigenvalue weighted by atomic mass is 10.1. The van der Waals surface area contributed by atoms with Gasteiger partial charge in [0, 0.05) is 35.4 Å². The Hall–Kier alpha value is -2.81. The fourth-order valence-electron chi connectivity index (χ4n) is 3.18. The van der Waals surface area contributed by atoms with Crippen LogP contribution in [0.2, 0.25) is 0 Å². The van der Waals surface area contributed by atoms with Gasteiger partial charge in [0.15, 0.2) is 5.43 Å². The molecule has 2 aromatic heterocycles. The van der Waals surface area contributed by atoms with Crippen molar-refractivity contribution in [3.63, 3.8) is 0 Å². The first-order valence-electron chi connectivity index (χ1n) is 7.32. The minimum Gasteiger partial charge on any atom is -0.358 e. The molecule has 108 valence electrons. The topological polar surface area (TPSA) is 37.8 Å². The van der Waals surface area contributed by atoms with Crippen molar-refractivity contribution in [2.24, 2.45) is 7.05 Å². The molecule has 0 radical (unpaired) electrons. The van der Waals surface area contributed by atoms with Crippen molar-refractivity contribution in [1.29, 1.82) is 0 Å². The lowest BCUT2D eigenvalue weighted by Gasteiger charge is -2.05. The second-order valence-electron chi connectivity index (χ2n) is 5.69. The minimum absolute atomic E-state index is 0.0714. The van der Waals surface area contributed by atoms with E-state index in [0.29, 0.717) is 0 Å². The maximum Gasteiger partial charge on any atom is 0.190 e. The number of hydrogen-bond acceptors (Lipinski definition) is 1. The fraction of sp³-hybridized carbons (Fsp3) is 0.105. The molecule has 4 rings (SSSR count). The highest BCUT2D eigenvalue weighted by Crippen LogP contribution is 2.30. The summed E-state index contributed by atoms with van der Waals surface area (Å²) in [5, 5.41) is 1.76. The number of aromatic amines is 1.